The highest BCUT2D eigenvalue weighted by atomic mass is 32.1. The fourth-order valence-corrected chi connectivity index (χ4v) is 3.00. The van der Waals surface area contributed by atoms with Crippen molar-refractivity contribution in [3.8, 4) is 11.5 Å². The Hall–Kier alpha value is -0.740. The second-order valence-corrected chi connectivity index (χ2v) is 6.05. The molecule has 3 nitrogen and oxygen atoms in total. The topological polar surface area (TPSA) is 27.7 Å². The molecule has 4 heteroatoms. The summed E-state index contributed by atoms with van der Waals surface area (Å²) >= 11 is 1.59. The van der Waals surface area contributed by atoms with Gasteiger partial charge in [-0.25, -0.2) is 0 Å². The molecule has 1 aliphatic rings. The van der Waals surface area contributed by atoms with Crippen LogP contribution in [0.15, 0.2) is 10.8 Å². The molecule has 0 saturated carbocycles. The lowest BCUT2D eigenvalue weighted by molar-refractivity contribution is -0.116. The van der Waals surface area contributed by atoms with Gasteiger partial charge in [-0.1, -0.05) is 51.9 Å². The van der Waals surface area contributed by atoms with E-state index in [0.717, 1.165) is 24.5 Å². The van der Waals surface area contributed by atoms with Gasteiger partial charge in [0.15, 0.2) is 18.1 Å². The zero-order valence-corrected chi connectivity index (χ0v) is 13.3. The number of fused-ring (bicyclic) bond motifs is 1. The standard InChI is InChI=1S/C16H26O3S/c1-2-3-4-5-6-7-8-9-10-17-16-11-18-14-12-20-13-15(14)19-16/h12-13,16H,2-11H2,1H3. The zero-order chi connectivity index (χ0) is 14.0. The normalized spacial score (nSPS) is 17.4. The van der Waals surface area contributed by atoms with Crippen LogP contribution in [0, 0.1) is 0 Å². The smallest absolute Gasteiger partial charge is 0.234 e. The van der Waals surface area contributed by atoms with E-state index in [1.54, 1.807) is 11.3 Å². The Kier molecular flexibility index (Phi) is 7.23. The molecule has 2 rings (SSSR count). The van der Waals surface area contributed by atoms with E-state index in [1.165, 1.54) is 44.9 Å². The highest BCUT2D eigenvalue weighted by Crippen LogP contribution is 2.35. The van der Waals surface area contributed by atoms with Gasteiger partial charge in [0.05, 0.1) is 6.61 Å². The van der Waals surface area contributed by atoms with E-state index < -0.39 is 0 Å². The predicted molar refractivity (Wildman–Crippen MR) is 82.8 cm³/mol. The third kappa shape index (κ3) is 5.33. The van der Waals surface area contributed by atoms with Crippen molar-refractivity contribution < 1.29 is 14.2 Å². The molecule has 0 radical (unpaired) electrons. The van der Waals surface area contributed by atoms with Gasteiger partial charge in [0.1, 0.15) is 0 Å². The molecule has 1 aromatic rings. The van der Waals surface area contributed by atoms with Gasteiger partial charge in [0.2, 0.25) is 6.29 Å². The number of ether oxygens (including phenoxy) is 3. The molecule has 0 aliphatic carbocycles. The second kappa shape index (κ2) is 9.24. The largest absolute Gasteiger partial charge is 0.482 e. The number of unbranched alkanes of at least 4 members (excludes halogenated alkanes) is 7. The third-order valence-electron chi connectivity index (χ3n) is 3.53. The lowest BCUT2D eigenvalue weighted by atomic mass is 10.1. The minimum absolute atomic E-state index is 0.235. The van der Waals surface area contributed by atoms with Crippen LogP contribution < -0.4 is 9.47 Å². The summed E-state index contributed by atoms with van der Waals surface area (Å²) in [5.74, 6) is 1.67. The van der Waals surface area contributed by atoms with Crippen molar-refractivity contribution in [3.05, 3.63) is 10.8 Å². The molecule has 2 heterocycles. The fourth-order valence-electron chi connectivity index (χ4n) is 2.33. The van der Waals surface area contributed by atoms with Crippen molar-refractivity contribution in [2.24, 2.45) is 0 Å². The summed E-state index contributed by atoms with van der Waals surface area (Å²) < 4.78 is 17.0. The van der Waals surface area contributed by atoms with E-state index in [9.17, 15) is 0 Å². The Morgan fingerprint density at radius 2 is 1.75 bits per heavy atom. The first-order valence-electron chi connectivity index (χ1n) is 7.87. The molecule has 0 N–H and O–H groups in total. The number of hydrogen-bond donors (Lipinski definition) is 0. The van der Waals surface area contributed by atoms with Gasteiger partial charge in [0.25, 0.3) is 0 Å². The molecule has 0 bridgehead atoms. The van der Waals surface area contributed by atoms with Gasteiger partial charge in [-0.2, -0.15) is 0 Å². The maximum Gasteiger partial charge on any atom is 0.234 e. The average molecular weight is 298 g/mol. The monoisotopic (exact) mass is 298 g/mol. The van der Waals surface area contributed by atoms with Crippen LogP contribution in [0.3, 0.4) is 0 Å². The lowest BCUT2D eigenvalue weighted by Crippen LogP contribution is -2.31. The highest BCUT2D eigenvalue weighted by molar-refractivity contribution is 7.08. The minimum Gasteiger partial charge on any atom is -0.482 e. The Morgan fingerprint density at radius 1 is 1.05 bits per heavy atom. The first-order valence-corrected chi connectivity index (χ1v) is 8.81. The molecule has 0 aromatic carbocycles. The number of hydrogen-bond acceptors (Lipinski definition) is 4. The first-order chi connectivity index (χ1) is 9.90. The van der Waals surface area contributed by atoms with Crippen LogP contribution in [0.5, 0.6) is 11.5 Å². The quantitative estimate of drug-likeness (QED) is 0.569. The molecule has 0 amide bonds. The van der Waals surface area contributed by atoms with E-state index in [4.69, 9.17) is 14.2 Å². The van der Waals surface area contributed by atoms with Gasteiger partial charge in [0, 0.05) is 10.8 Å². The lowest BCUT2D eigenvalue weighted by Gasteiger charge is -2.24. The van der Waals surface area contributed by atoms with E-state index >= 15 is 0 Å². The average Bonchev–Trinajstić information content (AvgIpc) is 2.93. The van der Waals surface area contributed by atoms with Crippen molar-refractivity contribution in [2.45, 2.75) is 64.6 Å². The van der Waals surface area contributed by atoms with Gasteiger partial charge >= 0.3 is 0 Å². The molecule has 114 valence electrons. The van der Waals surface area contributed by atoms with E-state index in [-0.39, 0.29) is 6.29 Å². The molecule has 1 unspecified atom stereocenters. The van der Waals surface area contributed by atoms with Crippen molar-refractivity contribution in [1.82, 2.24) is 0 Å². The highest BCUT2D eigenvalue weighted by Gasteiger charge is 2.21. The van der Waals surface area contributed by atoms with Crippen LogP contribution in [0.25, 0.3) is 0 Å². The number of thiophene rings is 1. The molecule has 1 aliphatic heterocycles. The molecule has 0 fully saturated rings. The minimum atomic E-state index is -0.235. The van der Waals surface area contributed by atoms with Crippen molar-refractivity contribution in [1.29, 1.82) is 0 Å². The van der Waals surface area contributed by atoms with Crippen LogP contribution in [-0.2, 0) is 4.74 Å². The van der Waals surface area contributed by atoms with Gasteiger partial charge < -0.3 is 14.2 Å². The summed E-state index contributed by atoms with van der Waals surface area (Å²) in [6.07, 6.45) is 10.3. The van der Waals surface area contributed by atoms with Gasteiger partial charge in [-0.05, 0) is 6.42 Å². The predicted octanol–water partition coefficient (Wildman–Crippen LogP) is 5.00. The van der Waals surface area contributed by atoms with Crippen LogP contribution in [0.4, 0.5) is 0 Å². The maximum atomic E-state index is 5.71. The summed E-state index contributed by atoms with van der Waals surface area (Å²) in [7, 11) is 0. The van der Waals surface area contributed by atoms with Crippen molar-refractivity contribution in [2.75, 3.05) is 13.2 Å². The molecular formula is C16H26O3S. The summed E-state index contributed by atoms with van der Waals surface area (Å²) in [5.41, 5.74) is 0. The molecule has 20 heavy (non-hydrogen) atoms. The van der Waals surface area contributed by atoms with Crippen LogP contribution in [0.1, 0.15) is 58.3 Å². The number of rotatable bonds is 10. The van der Waals surface area contributed by atoms with E-state index in [2.05, 4.69) is 6.92 Å². The summed E-state index contributed by atoms with van der Waals surface area (Å²) in [6.45, 7) is 3.52. The van der Waals surface area contributed by atoms with Crippen LogP contribution in [-0.4, -0.2) is 19.5 Å². The zero-order valence-electron chi connectivity index (χ0n) is 12.4. The van der Waals surface area contributed by atoms with Crippen molar-refractivity contribution >= 4 is 11.3 Å². The molecule has 1 aromatic heterocycles. The SMILES string of the molecule is CCCCCCCCCCOC1COc2cscc2O1. The Morgan fingerprint density at radius 3 is 2.55 bits per heavy atom. The van der Waals surface area contributed by atoms with Crippen LogP contribution in [0.2, 0.25) is 0 Å². The molecule has 0 saturated heterocycles. The Labute approximate surface area is 126 Å². The molecule has 1 atom stereocenters. The van der Waals surface area contributed by atoms with Crippen LogP contribution >= 0.6 is 11.3 Å². The molecular weight excluding hydrogens is 272 g/mol. The maximum absolute atomic E-state index is 5.71. The molecule has 0 spiro atoms. The summed E-state index contributed by atoms with van der Waals surface area (Å²) in [4.78, 5) is 0. The van der Waals surface area contributed by atoms with E-state index in [0.29, 0.717) is 6.61 Å². The van der Waals surface area contributed by atoms with Gasteiger partial charge in [-0.15, -0.1) is 11.3 Å². The Balaban J connectivity index is 1.44. The third-order valence-corrected chi connectivity index (χ3v) is 4.23. The summed E-state index contributed by atoms with van der Waals surface area (Å²) in [6, 6.07) is 0. The van der Waals surface area contributed by atoms with Crippen molar-refractivity contribution in [3.63, 3.8) is 0 Å². The van der Waals surface area contributed by atoms with E-state index in [1.807, 2.05) is 10.8 Å². The fraction of sp³-hybridized carbons (Fsp3) is 0.750. The summed E-state index contributed by atoms with van der Waals surface area (Å²) in [5, 5.41) is 3.92. The van der Waals surface area contributed by atoms with Gasteiger partial charge in [-0.3, -0.25) is 0 Å². The first kappa shape index (κ1) is 15.6. The second-order valence-electron chi connectivity index (χ2n) is 5.30. The Bertz CT molecular complexity index is 364.